The van der Waals surface area contributed by atoms with Crippen molar-refractivity contribution in [2.45, 2.75) is 52.0 Å². The smallest absolute Gasteiger partial charge is 0.340 e. The Kier molecular flexibility index (Phi) is 9.62. The first kappa shape index (κ1) is 34.9. The lowest BCUT2D eigenvalue weighted by Gasteiger charge is -2.34. The molecule has 1 fully saturated rings. The van der Waals surface area contributed by atoms with Crippen LogP contribution in [-0.2, 0) is 33.9 Å². The highest BCUT2D eigenvalue weighted by Crippen LogP contribution is 2.46. The molecule has 3 aromatic rings. The molecule has 6 nitrogen and oxygen atoms in total. The van der Waals surface area contributed by atoms with Gasteiger partial charge in [-0.25, -0.2) is 4.39 Å². The molecule has 14 heteroatoms. The topological polar surface area (TPSA) is 67.7 Å². The predicted octanol–water partition coefficient (Wildman–Crippen LogP) is 7.38. The third kappa shape index (κ3) is 7.05. The number of anilines is 1. The molecule has 0 spiro atoms. The standard InChI is InChI=1S/C32H31F7N4O2S/c1-18-12-23(33)6-7-24(18)28-27(25(16-40)26(46-28)17-42-8-10-43(11-9-42)19(2)44)41(5)29(45)30(3,4)20-13-21(31(34,35)36)15-22(14-20)32(37,38)39/h6-7,12-15H,8-11,17H2,1-5H3. The van der Waals surface area contributed by atoms with Crippen molar-refractivity contribution in [3.8, 4) is 16.5 Å². The van der Waals surface area contributed by atoms with Crippen LogP contribution >= 0.6 is 11.3 Å². The highest BCUT2D eigenvalue weighted by Gasteiger charge is 2.42. The van der Waals surface area contributed by atoms with Crippen LogP contribution in [-0.4, -0.2) is 54.8 Å². The number of benzene rings is 2. The lowest BCUT2D eigenvalue weighted by atomic mass is 9.81. The minimum atomic E-state index is -5.11. The number of nitriles is 1. The van der Waals surface area contributed by atoms with Crippen molar-refractivity contribution < 1.29 is 40.3 Å². The van der Waals surface area contributed by atoms with Gasteiger partial charge in [0.1, 0.15) is 11.9 Å². The summed E-state index contributed by atoms with van der Waals surface area (Å²) in [6.07, 6.45) is -10.2. The zero-order chi connectivity index (χ0) is 34.4. The van der Waals surface area contributed by atoms with E-state index in [1.165, 1.54) is 57.4 Å². The van der Waals surface area contributed by atoms with E-state index >= 15 is 0 Å². The van der Waals surface area contributed by atoms with Crippen LogP contribution in [0.25, 0.3) is 10.4 Å². The minimum absolute atomic E-state index is 0.00163. The predicted molar refractivity (Wildman–Crippen MR) is 160 cm³/mol. The van der Waals surface area contributed by atoms with Gasteiger partial charge in [0, 0.05) is 51.6 Å². The van der Waals surface area contributed by atoms with Crippen molar-refractivity contribution in [2.24, 2.45) is 0 Å². The third-order valence-electron chi connectivity index (χ3n) is 8.17. The number of hydrogen-bond donors (Lipinski definition) is 0. The number of hydrogen-bond acceptors (Lipinski definition) is 5. The van der Waals surface area contributed by atoms with Gasteiger partial charge in [-0.1, -0.05) is 6.07 Å². The van der Waals surface area contributed by atoms with E-state index in [1.807, 2.05) is 4.90 Å². The number of thiophene rings is 1. The second kappa shape index (κ2) is 12.7. The number of carbonyl (C=O) groups is 2. The summed E-state index contributed by atoms with van der Waals surface area (Å²) in [5.41, 5.74) is -4.33. The molecule has 2 aromatic carbocycles. The summed E-state index contributed by atoms with van der Waals surface area (Å²) in [6.45, 7) is 7.82. The largest absolute Gasteiger partial charge is 0.416 e. The molecule has 0 aliphatic carbocycles. The molecule has 0 atom stereocenters. The molecule has 1 aromatic heterocycles. The van der Waals surface area contributed by atoms with Crippen LogP contribution in [0.2, 0.25) is 0 Å². The van der Waals surface area contributed by atoms with Crippen LogP contribution < -0.4 is 4.90 Å². The average Bonchev–Trinajstić information content (AvgIpc) is 3.32. The third-order valence-corrected chi connectivity index (χ3v) is 9.37. The zero-order valence-electron chi connectivity index (χ0n) is 25.7. The highest BCUT2D eigenvalue weighted by atomic mass is 32.1. The molecular formula is C32H31F7N4O2S. The van der Waals surface area contributed by atoms with Crippen molar-refractivity contribution in [2.75, 3.05) is 38.1 Å². The number of rotatable bonds is 6. The Hall–Kier alpha value is -3.96. The van der Waals surface area contributed by atoms with E-state index in [0.29, 0.717) is 59.2 Å². The Labute approximate surface area is 265 Å². The van der Waals surface area contributed by atoms with Crippen molar-refractivity contribution in [3.05, 3.63) is 74.9 Å². The van der Waals surface area contributed by atoms with Crippen LogP contribution in [0.3, 0.4) is 0 Å². The maximum Gasteiger partial charge on any atom is 0.416 e. The number of carbonyl (C=O) groups excluding carboxylic acids is 2. The van der Waals surface area contributed by atoms with Crippen molar-refractivity contribution in [3.63, 3.8) is 0 Å². The van der Waals surface area contributed by atoms with E-state index in [1.54, 1.807) is 11.8 Å². The van der Waals surface area contributed by atoms with Crippen LogP contribution in [0, 0.1) is 24.1 Å². The first-order valence-electron chi connectivity index (χ1n) is 14.1. The number of piperazine rings is 1. The fourth-order valence-corrected chi connectivity index (χ4v) is 6.88. The van der Waals surface area contributed by atoms with Gasteiger partial charge < -0.3 is 9.80 Å². The molecule has 1 saturated heterocycles. The Morgan fingerprint density at radius 2 is 1.48 bits per heavy atom. The number of alkyl halides is 6. The molecule has 0 bridgehead atoms. The number of likely N-dealkylation sites (N-methyl/N-ethyl adjacent to an activating group) is 1. The van der Waals surface area contributed by atoms with E-state index < -0.39 is 46.2 Å². The molecule has 1 aliphatic heterocycles. The Morgan fingerprint density at radius 1 is 0.935 bits per heavy atom. The summed E-state index contributed by atoms with van der Waals surface area (Å²) in [7, 11) is 1.31. The lowest BCUT2D eigenvalue weighted by molar-refractivity contribution is -0.143. The van der Waals surface area contributed by atoms with Gasteiger partial charge in [-0.05, 0) is 67.8 Å². The lowest BCUT2D eigenvalue weighted by Crippen LogP contribution is -2.47. The number of halogens is 7. The molecule has 246 valence electrons. The molecule has 0 radical (unpaired) electrons. The van der Waals surface area contributed by atoms with Gasteiger partial charge in [-0.15, -0.1) is 11.3 Å². The van der Waals surface area contributed by atoms with Gasteiger partial charge in [-0.3, -0.25) is 14.5 Å². The summed E-state index contributed by atoms with van der Waals surface area (Å²) >= 11 is 1.19. The van der Waals surface area contributed by atoms with Crippen LogP contribution in [0.5, 0.6) is 0 Å². The zero-order valence-corrected chi connectivity index (χ0v) is 26.5. The van der Waals surface area contributed by atoms with Gasteiger partial charge in [0.2, 0.25) is 11.8 Å². The highest BCUT2D eigenvalue weighted by molar-refractivity contribution is 7.16. The Morgan fingerprint density at radius 3 is 1.96 bits per heavy atom. The Balaban J connectivity index is 1.83. The maximum absolute atomic E-state index is 14.1. The molecule has 0 unspecified atom stereocenters. The quantitative estimate of drug-likeness (QED) is 0.257. The van der Waals surface area contributed by atoms with Crippen LogP contribution in [0.15, 0.2) is 36.4 Å². The fourth-order valence-electron chi connectivity index (χ4n) is 5.46. The van der Waals surface area contributed by atoms with E-state index in [0.717, 1.165) is 4.90 Å². The molecular weight excluding hydrogens is 637 g/mol. The molecule has 4 rings (SSSR count). The molecule has 0 saturated carbocycles. The fraction of sp³-hybridized carbons (Fsp3) is 0.406. The molecule has 0 N–H and O–H groups in total. The van der Waals surface area contributed by atoms with E-state index in [2.05, 4.69) is 6.07 Å². The first-order valence-corrected chi connectivity index (χ1v) is 15.0. The normalized spacial score (nSPS) is 14.7. The molecule has 1 aliphatic rings. The second-order valence-electron chi connectivity index (χ2n) is 11.7. The van der Waals surface area contributed by atoms with E-state index in [4.69, 9.17) is 0 Å². The van der Waals surface area contributed by atoms with Gasteiger partial charge in [0.15, 0.2) is 0 Å². The van der Waals surface area contributed by atoms with Gasteiger partial charge in [-0.2, -0.15) is 31.6 Å². The van der Waals surface area contributed by atoms with Crippen molar-refractivity contribution >= 4 is 28.8 Å². The number of nitrogens with zero attached hydrogens (tertiary/aromatic N) is 4. The monoisotopic (exact) mass is 668 g/mol. The second-order valence-corrected chi connectivity index (χ2v) is 12.8. The van der Waals surface area contributed by atoms with Gasteiger partial charge in [0.25, 0.3) is 0 Å². The van der Waals surface area contributed by atoms with Gasteiger partial charge in [0.05, 0.1) is 32.7 Å². The number of amides is 2. The summed E-state index contributed by atoms with van der Waals surface area (Å²) in [4.78, 5) is 31.7. The van der Waals surface area contributed by atoms with Crippen LogP contribution in [0.1, 0.15) is 53.5 Å². The maximum atomic E-state index is 14.1. The average molecular weight is 669 g/mol. The molecule has 46 heavy (non-hydrogen) atoms. The summed E-state index contributed by atoms with van der Waals surface area (Å²) in [5, 5.41) is 10.4. The first-order chi connectivity index (χ1) is 21.2. The van der Waals surface area contributed by atoms with Crippen molar-refractivity contribution in [1.82, 2.24) is 9.80 Å². The summed E-state index contributed by atoms with van der Waals surface area (Å²) < 4.78 is 96.0. The van der Waals surface area contributed by atoms with E-state index in [9.17, 15) is 45.6 Å². The summed E-state index contributed by atoms with van der Waals surface area (Å²) in [5.74, 6) is -1.44. The molecule has 2 amide bonds. The minimum Gasteiger partial charge on any atom is -0.340 e. The molecule has 2 heterocycles. The number of aryl methyl sites for hydroxylation is 1. The van der Waals surface area contributed by atoms with Crippen molar-refractivity contribution in [1.29, 1.82) is 5.26 Å². The SMILES string of the molecule is CC(=O)N1CCN(Cc2sc(-c3ccc(F)cc3C)c(N(C)C(=O)C(C)(C)c3cc(C(F)(F)F)cc(C(F)(F)F)c3)c2C#N)CC1. The summed E-state index contributed by atoms with van der Waals surface area (Å²) in [6, 6.07) is 7.17. The van der Waals surface area contributed by atoms with Crippen LogP contribution in [0.4, 0.5) is 36.4 Å². The Bertz CT molecular complexity index is 1670. The van der Waals surface area contributed by atoms with E-state index in [-0.39, 0.29) is 29.8 Å². The van der Waals surface area contributed by atoms with Gasteiger partial charge >= 0.3 is 12.4 Å².